The number of benzene rings is 1. The Hall–Kier alpha value is -2.56. The monoisotopic (exact) mass is 271 g/mol. The highest BCUT2D eigenvalue weighted by molar-refractivity contribution is 5.60. The van der Waals surface area contributed by atoms with E-state index < -0.39 is 0 Å². The molecule has 0 radical (unpaired) electrons. The third kappa shape index (κ3) is 2.88. The average Bonchev–Trinajstić information content (AvgIpc) is 2.49. The molecule has 0 bridgehead atoms. The van der Waals surface area contributed by atoms with Crippen molar-refractivity contribution in [2.75, 3.05) is 19.5 Å². The number of rotatable bonds is 5. The first-order valence-electron chi connectivity index (χ1n) is 6.26. The topological polar surface area (TPSA) is 56.3 Å². The molecule has 2 rings (SSSR count). The first-order valence-corrected chi connectivity index (χ1v) is 6.26. The standard InChI is InChI=1S/C15H17N3O2/c1-4-7-11-8-5-6-9-12(11)20-15-13(19-3)14(16-2)17-10-18-15/h4-10H,1-3H3,(H,16,17,18)/b7-4+. The maximum absolute atomic E-state index is 5.86. The minimum Gasteiger partial charge on any atom is -0.489 e. The van der Waals surface area contributed by atoms with Crippen molar-refractivity contribution in [2.24, 2.45) is 0 Å². The van der Waals surface area contributed by atoms with E-state index in [0.717, 1.165) is 5.56 Å². The molecule has 1 aromatic carbocycles. The predicted octanol–water partition coefficient (Wildman–Crippen LogP) is 3.35. The summed E-state index contributed by atoms with van der Waals surface area (Å²) >= 11 is 0. The second-order valence-corrected chi connectivity index (χ2v) is 3.95. The highest BCUT2D eigenvalue weighted by atomic mass is 16.5. The van der Waals surface area contributed by atoms with Crippen LogP contribution >= 0.6 is 0 Å². The number of allylic oxidation sites excluding steroid dienone is 1. The van der Waals surface area contributed by atoms with E-state index in [1.807, 2.05) is 43.3 Å². The molecule has 0 saturated heterocycles. The predicted molar refractivity (Wildman–Crippen MR) is 79.4 cm³/mol. The summed E-state index contributed by atoms with van der Waals surface area (Å²) in [7, 11) is 3.33. The van der Waals surface area contributed by atoms with Crippen LogP contribution in [0.4, 0.5) is 5.82 Å². The van der Waals surface area contributed by atoms with Crippen molar-refractivity contribution in [3.8, 4) is 17.4 Å². The maximum atomic E-state index is 5.86. The fraction of sp³-hybridized carbons (Fsp3) is 0.200. The van der Waals surface area contributed by atoms with E-state index in [1.165, 1.54) is 6.33 Å². The summed E-state index contributed by atoms with van der Waals surface area (Å²) < 4.78 is 11.2. The number of anilines is 1. The van der Waals surface area contributed by atoms with Gasteiger partial charge in [-0.3, -0.25) is 0 Å². The third-order valence-electron chi connectivity index (χ3n) is 2.68. The summed E-state index contributed by atoms with van der Waals surface area (Å²) in [6.45, 7) is 1.96. The molecule has 104 valence electrons. The molecule has 0 aliphatic carbocycles. The van der Waals surface area contributed by atoms with Gasteiger partial charge in [0.05, 0.1) is 7.11 Å². The van der Waals surface area contributed by atoms with Crippen LogP contribution in [-0.2, 0) is 0 Å². The van der Waals surface area contributed by atoms with Crippen molar-refractivity contribution in [3.05, 3.63) is 42.2 Å². The van der Waals surface area contributed by atoms with Crippen molar-refractivity contribution >= 4 is 11.9 Å². The lowest BCUT2D eigenvalue weighted by atomic mass is 10.2. The summed E-state index contributed by atoms with van der Waals surface area (Å²) in [5.41, 5.74) is 0.974. The van der Waals surface area contributed by atoms with Gasteiger partial charge in [0.2, 0.25) is 5.75 Å². The van der Waals surface area contributed by atoms with E-state index >= 15 is 0 Å². The van der Waals surface area contributed by atoms with E-state index in [9.17, 15) is 0 Å². The van der Waals surface area contributed by atoms with Crippen molar-refractivity contribution in [3.63, 3.8) is 0 Å². The smallest absolute Gasteiger partial charge is 0.268 e. The average molecular weight is 271 g/mol. The molecule has 5 heteroatoms. The molecule has 5 nitrogen and oxygen atoms in total. The van der Waals surface area contributed by atoms with Gasteiger partial charge in [0.15, 0.2) is 5.82 Å². The molecule has 0 saturated carbocycles. The summed E-state index contributed by atoms with van der Waals surface area (Å²) in [4.78, 5) is 8.22. The SMILES string of the molecule is C/C=C/c1ccccc1Oc1ncnc(NC)c1OC. The number of nitrogens with zero attached hydrogens (tertiary/aromatic N) is 2. The quantitative estimate of drug-likeness (QED) is 0.903. The molecule has 0 aliphatic rings. The van der Waals surface area contributed by atoms with Crippen molar-refractivity contribution in [1.29, 1.82) is 0 Å². The Bertz CT molecular complexity index is 612. The van der Waals surface area contributed by atoms with Gasteiger partial charge in [0, 0.05) is 12.6 Å². The van der Waals surface area contributed by atoms with Crippen molar-refractivity contribution < 1.29 is 9.47 Å². The number of hydrogen-bond acceptors (Lipinski definition) is 5. The van der Waals surface area contributed by atoms with Crippen LogP contribution in [0.3, 0.4) is 0 Å². The number of nitrogens with one attached hydrogen (secondary N) is 1. The van der Waals surface area contributed by atoms with Gasteiger partial charge in [-0.2, -0.15) is 4.98 Å². The Balaban J connectivity index is 2.40. The largest absolute Gasteiger partial charge is 0.489 e. The molecule has 0 spiro atoms. The molecule has 1 heterocycles. The van der Waals surface area contributed by atoms with Crippen LogP contribution < -0.4 is 14.8 Å². The molecule has 0 unspecified atom stereocenters. The fourth-order valence-corrected chi connectivity index (χ4v) is 1.79. The fourth-order valence-electron chi connectivity index (χ4n) is 1.79. The molecular formula is C15H17N3O2. The summed E-state index contributed by atoms with van der Waals surface area (Å²) in [5, 5.41) is 2.94. The molecule has 2 aromatic rings. The van der Waals surface area contributed by atoms with Crippen LogP contribution in [0.25, 0.3) is 6.08 Å². The second-order valence-electron chi connectivity index (χ2n) is 3.95. The highest BCUT2D eigenvalue weighted by Crippen LogP contribution is 2.35. The zero-order valence-electron chi connectivity index (χ0n) is 11.8. The van der Waals surface area contributed by atoms with E-state index in [-0.39, 0.29) is 0 Å². The van der Waals surface area contributed by atoms with Gasteiger partial charge in [-0.05, 0) is 13.0 Å². The van der Waals surface area contributed by atoms with Crippen molar-refractivity contribution in [2.45, 2.75) is 6.92 Å². The van der Waals surface area contributed by atoms with E-state index in [2.05, 4.69) is 15.3 Å². The van der Waals surface area contributed by atoms with Gasteiger partial charge in [-0.1, -0.05) is 30.4 Å². The first kappa shape index (κ1) is 13.9. The summed E-state index contributed by atoms with van der Waals surface area (Å²) in [6, 6.07) is 7.73. The molecule has 1 N–H and O–H groups in total. The summed E-state index contributed by atoms with van der Waals surface area (Å²) in [6.07, 6.45) is 5.36. The Kier molecular flexibility index (Phi) is 4.55. The van der Waals surface area contributed by atoms with Crippen LogP contribution in [0.2, 0.25) is 0 Å². The lowest BCUT2D eigenvalue weighted by Gasteiger charge is -2.13. The van der Waals surface area contributed by atoms with Crippen molar-refractivity contribution in [1.82, 2.24) is 9.97 Å². The highest BCUT2D eigenvalue weighted by Gasteiger charge is 2.14. The molecule has 1 aromatic heterocycles. The van der Waals surface area contributed by atoms with E-state index in [4.69, 9.17) is 9.47 Å². The van der Waals surface area contributed by atoms with E-state index in [0.29, 0.717) is 23.2 Å². The van der Waals surface area contributed by atoms with Gasteiger partial charge in [0.1, 0.15) is 12.1 Å². The molecule has 0 amide bonds. The lowest BCUT2D eigenvalue weighted by molar-refractivity contribution is 0.369. The lowest BCUT2D eigenvalue weighted by Crippen LogP contribution is -2.01. The zero-order valence-corrected chi connectivity index (χ0v) is 11.8. The molecule has 20 heavy (non-hydrogen) atoms. The minimum absolute atomic E-state index is 0.379. The number of methoxy groups -OCH3 is 1. The van der Waals surface area contributed by atoms with Crippen LogP contribution in [-0.4, -0.2) is 24.1 Å². The van der Waals surface area contributed by atoms with Gasteiger partial charge >= 0.3 is 0 Å². The zero-order chi connectivity index (χ0) is 14.4. The molecule has 0 aliphatic heterocycles. The van der Waals surface area contributed by atoms with Crippen LogP contribution in [0.1, 0.15) is 12.5 Å². The Morgan fingerprint density at radius 3 is 2.70 bits per heavy atom. The van der Waals surface area contributed by atoms with E-state index in [1.54, 1.807) is 14.2 Å². The van der Waals surface area contributed by atoms with Crippen LogP contribution in [0.15, 0.2) is 36.7 Å². The number of hydrogen-bond donors (Lipinski definition) is 1. The second kappa shape index (κ2) is 6.56. The number of aromatic nitrogens is 2. The number of para-hydroxylation sites is 1. The number of ether oxygens (including phenoxy) is 2. The Morgan fingerprint density at radius 2 is 2.00 bits per heavy atom. The minimum atomic E-state index is 0.379. The first-order chi connectivity index (χ1) is 9.80. The van der Waals surface area contributed by atoms with Gasteiger partial charge in [-0.25, -0.2) is 4.98 Å². The Labute approximate surface area is 118 Å². The normalized spacial score (nSPS) is 10.6. The van der Waals surface area contributed by atoms with Crippen LogP contribution in [0, 0.1) is 0 Å². The molecule has 0 fully saturated rings. The van der Waals surface area contributed by atoms with Gasteiger partial charge in [0.25, 0.3) is 5.88 Å². The Morgan fingerprint density at radius 1 is 1.20 bits per heavy atom. The molecular weight excluding hydrogens is 254 g/mol. The van der Waals surface area contributed by atoms with Gasteiger partial charge < -0.3 is 14.8 Å². The third-order valence-corrected chi connectivity index (χ3v) is 2.68. The summed E-state index contributed by atoms with van der Waals surface area (Å²) in [5.74, 6) is 2.15. The maximum Gasteiger partial charge on any atom is 0.268 e. The van der Waals surface area contributed by atoms with Gasteiger partial charge in [-0.15, -0.1) is 0 Å². The van der Waals surface area contributed by atoms with Crippen LogP contribution in [0.5, 0.6) is 17.4 Å². The molecule has 0 atom stereocenters.